The first-order chi connectivity index (χ1) is 18.6. The Hall–Kier alpha value is -3.94. The molecule has 0 spiro atoms. The summed E-state index contributed by atoms with van der Waals surface area (Å²) in [7, 11) is 0. The van der Waals surface area contributed by atoms with Crippen LogP contribution < -0.4 is 10.5 Å². The number of halogens is 4. The van der Waals surface area contributed by atoms with E-state index in [9.17, 15) is 18.0 Å². The molecule has 0 unspecified atom stereocenters. The Morgan fingerprint density at radius 1 is 1.08 bits per heavy atom. The summed E-state index contributed by atoms with van der Waals surface area (Å²) < 4.78 is 39.4. The molecule has 0 atom stereocenters. The second-order valence-corrected chi connectivity index (χ2v) is 9.90. The number of aromatic nitrogens is 4. The number of hydrogen-bond acceptors (Lipinski definition) is 7. The van der Waals surface area contributed by atoms with Crippen LogP contribution in [0.1, 0.15) is 0 Å². The standard InChI is InChI=1S/C23H18ClN5O2S.C2HF3O2/c24-15-3-1-14(2-4-15)20-12-19-21(32-20)22(30)29(13-25-19)16-5-6-17-18(11-16)27-23(26-17)28-7-9-31-10-8-28;3-2(4,5)1(6)7/h1-6,11-13H,7-10H2,(H,26,27);(H,6,7). The first-order valence-electron chi connectivity index (χ1n) is 11.5. The molecule has 2 aromatic carbocycles. The molecule has 39 heavy (non-hydrogen) atoms. The highest BCUT2D eigenvalue weighted by atomic mass is 35.5. The molecule has 0 saturated carbocycles. The zero-order chi connectivity index (χ0) is 27.7. The summed E-state index contributed by atoms with van der Waals surface area (Å²) in [6.07, 6.45) is -3.50. The summed E-state index contributed by atoms with van der Waals surface area (Å²) in [5.41, 5.74) is 4.08. The number of nitrogens with one attached hydrogen (secondary N) is 1. The van der Waals surface area contributed by atoms with Crippen molar-refractivity contribution in [3.8, 4) is 16.1 Å². The number of fused-ring (bicyclic) bond motifs is 2. The summed E-state index contributed by atoms with van der Waals surface area (Å²) in [6.45, 7) is 3.01. The van der Waals surface area contributed by atoms with Crippen molar-refractivity contribution in [1.82, 2.24) is 19.5 Å². The number of imidazole rings is 1. The van der Waals surface area contributed by atoms with Crippen molar-refractivity contribution in [2.24, 2.45) is 0 Å². The lowest BCUT2D eigenvalue weighted by atomic mass is 10.2. The number of hydrogen-bond donors (Lipinski definition) is 2. The second-order valence-electron chi connectivity index (χ2n) is 8.42. The summed E-state index contributed by atoms with van der Waals surface area (Å²) >= 11 is 7.44. The summed E-state index contributed by atoms with van der Waals surface area (Å²) in [5.74, 6) is -1.93. The summed E-state index contributed by atoms with van der Waals surface area (Å²) in [6, 6.07) is 15.3. The maximum atomic E-state index is 13.3. The molecule has 1 aliphatic heterocycles. The van der Waals surface area contributed by atoms with Gasteiger partial charge in [-0.25, -0.2) is 14.8 Å². The van der Waals surface area contributed by atoms with Gasteiger partial charge in [0.05, 0.1) is 35.5 Å². The van der Waals surface area contributed by atoms with Crippen molar-refractivity contribution in [2.75, 3.05) is 31.2 Å². The fourth-order valence-corrected chi connectivity index (χ4v) is 5.08. The van der Waals surface area contributed by atoms with E-state index in [4.69, 9.17) is 31.2 Å². The molecule has 1 saturated heterocycles. The van der Waals surface area contributed by atoms with Gasteiger partial charge in [0.15, 0.2) is 0 Å². The maximum absolute atomic E-state index is 13.3. The maximum Gasteiger partial charge on any atom is 0.490 e. The minimum Gasteiger partial charge on any atom is -0.475 e. The molecule has 0 bridgehead atoms. The van der Waals surface area contributed by atoms with Gasteiger partial charge in [0.2, 0.25) is 5.95 Å². The zero-order valence-corrected chi connectivity index (χ0v) is 21.5. The number of rotatable bonds is 3. The third kappa shape index (κ3) is 5.75. The van der Waals surface area contributed by atoms with Crippen molar-refractivity contribution in [2.45, 2.75) is 6.18 Å². The van der Waals surface area contributed by atoms with Gasteiger partial charge in [0, 0.05) is 23.0 Å². The van der Waals surface area contributed by atoms with E-state index in [1.54, 1.807) is 10.9 Å². The van der Waals surface area contributed by atoms with E-state index in [0.717, 1.165) is 46.2 Å². The Labute approximate surface area is 227 Å². The van der Waals surface area contributed by atoms with E-state index < -0.39 is 12.1 Å². The van der Waals surface area contributed by atoms with Crippen LogP contribution in [-0.2, 0) is 9.53 Å². The van der Waals surface area contributed by atoms with E-state index >= 15 is 0 Å². The number of ether oxygens (including phenoxy) is 1. The number of nitrogens with zero attached hydrogens (tertiary/aromatic N) is 4. The number of carbonyl (C=O) groups is 1. The lowest BCUT2D eigenvalue weighted by Gasteiger charge is -2.26. The van der Waals surface area contributed by atoms with Crippen LogP contribution in [0.2, 0.25) is 5.02 Å². The molecule has 14 heteroatoms. The SMILES string of the molecule is O=C(O)C(F)(F)F.O=c1c2sc(-c3ccc(Cl)cc3)cc2ncn1-c1ccc2[nH]c(N3CCOCC3)nc2c1. The Bertz CT molecular complexity index is 1710. The lowest BCUT2D eigenvalue weighted by molar-refractivity contribution is -0.192. The molecule has 9 nitrogen and oxygen atoms in total. The fourth-order valence-electron chi connectivity index (χ4n) is 3.91. The number of H-pyrrole nitrogens is 1. The smallest absolute Gasteiger partial charge is 0.475 e. The van der Waals surface area contributed by atoms with E-state index in [-0.39, 0.29) is 5.56 Å². The minimum absolute atomic E-state index is 0.0940. The number of thiophene rings is 1. The number of benzene rings is 2. The number of alkyl halides is 3. The Balaban J connectivity index is 0.000000392. The number of carboxylic acids is 1. The highest BCUT2D eigenvalue weighted by Crippen LogP contribution is 2.32. The molecule has 4 heterocycles. The van der Waals surface area contributed by atoms with Gasteiger partial charge in [0.25, 0.3) is 5.56 Å². The number of aliphatic carboxylic acids is 1. The van der Waals surface area contributed by atoms with Gasteiger partial charge in [-0.3, -0.25) is 9.36 Å². The van der Waals surface area contributed by atoms with Gasteiger partial charge in [-0.15, -0.1) is 11.3 Å². The van der Waals surface area contributed by atoms with Crippen molar-refractivity contribution >= 4 is 56.1 Å². The Morgan fingerprint density at radius 2 is 1.77 bits per heavy atom. The zero-order valence-electron chi connectivity index (χ0n) is 19.9. The first kappa shape index (κ1) is 26.7. The molecule has 1 fully saturated rings. The van der Waals surface area contributed by atoms with Crippen LogP contribution in [0.3, 0.4) is 0 Å². The van der Waals surface area contributed by atoms with Gasteiger partial charge >= 0.3 is 12.1 Å². The van der Waals surface area contributed by atoms with Crippen molar-refractivity contribution < 1.29 is 27.8 Å². The highest BCUT2D eigenvalue weighted by Gasteiger charge is 2.38. The molecule has 0 radical (unpaired) electrons. The molecule has 202 valence electrons. The minimum atomic E-state index is -5.08. The van der Waals surface area contributed by atoms with E-state index in [2.05, 4.69) is 14.9 Å². The number of anilines is 1. The van der Waals surface area contributed by atoms with Crippen LogP contribution in [0.15, 0.2) is 59.7 Å². The highest BCUT2D eigenvalue weighted by molar-refractivity contribution is 7.22. The van der Waals surface area contributed by atoms with Crippen LogP contribution in [0.5, 0.6) is 0 Å². The van der Waals surface area contributed by atoms with Crippen LogP contribution in [-0.4, -0.2) is 63.1 Å². The monoisotopic (exact) mass is 577 g/mol. The average molecular weight is 578 g/mol. The fraction of sp³-hybridized carbons (Fsp3) is 0.200. The van der Waals surface area contributed by atoms with Gasteiger partial charge in [0.1, 0.15) is 11.0 Å². The van der Waals surface area contributed by atoms with Crippen molar-refractivity contribution in [1.29, 1.82) is 0 Å². The topological polar surface area (TPSA) is 113 Å². The molecule has 0 amide bonds. The van der Waals surface area contributed by atoms with Crippen LogP contribution in [0.25, 0.3) is 37.4 Å². The van der Waals surface area contributed by atoms with E-state index in [1.165, 1.54) is 11.3 Å². The van der Waals surface area contributed by atoms with Crippen LogP contribution >= 0.6 is 22.9 Å². The average Bonchev–Trinajstić information content (AvgIpc) is 3.54. The molecule has 1 aliphatic rings. The molecule has 5 aromatic rings. The van der Waals surface area contributed by atoms with Gasteiger partial charge < -0.3 is 19.7 Å². The lowest BCUT2D eigenvalue weighted by Crippen LogP contribution is -2.36. The summed E-state index contributed by atoms with van der Waals surface area (Å²) in [5, 5.41) is 7.81. The first-order valence-corrected chi connectivity index (χ1v) is 12.7. The predicted molar refractivity (Wildman–Crippen MR) is 142 cm³/mol. The predicted octanol–water partition coefficient (Wildman–Crippen LogP) is 5.11. The number of carboxylic acid groups (broad SMARTS) is 1. The normalized spacial score (nSPS) is 13.9. The van der Waals surface area contributed by atoms with Crippen molar-refractivity contribution in [3.05, 3.63) is 70.2 Å². The third-order valence-electron chi connectivity index (χ3n) is 5.85. The van der Waals surface area contributed by atoms with Crippen LogP contribution in [0.4, 0.5) is 19.1 Å². The Morgan fingerprint density at radius 3 is 2.44 bits per heavy atom. The largest absolute Gasteiger partial charge is 0.490 e. The van der Waals surface area contributed by atoms with Gasteiger partial charge in [-0.05, 0) is 42.0 Å². The van der Waals surface area contributed by atoms with Gasteiger partial charge in [-0.1, -0.05) is 23.7 Å². The molecule has 0 aliphatic carbocycles. The third-order valence-corrected chi connectivity index (χ3v) is 7.27. The molecule has 6 rings (SSSR count). The molecule has 3 aromatic heterocycles. The van der Waals surface area contributed by atoms with Crippen LogP contribution in [0, 0.1) is 0 Å². The number of aromatic amines is 1. The van der Waals surface area contributed by atoms with Gasteiger partial charge in [-0.2, -0.15) is 13.2 Å². The van der Waals surface area contributed by atoms with E-state index in [0.29, 0.717) is 28.5 Å². The van der Waals surface area contributed by atoms with E-state index in [1.807, 2.05) is 48.5 Å². The Kier molecular flexibility index (Phi) is 7.30. The van der Waals surface area contributed by atoms with Crippen molar-refractivity contribution in [3.63, 3.8) is 0 Å². The molecular formula is C25H19ClF3N5O4S. The number of morpholine rings is 1. The summed E-state index contributed by atoms with van der Waals surface area (Å²) in [4.78, 5) is 38.0. The quantitative estimate of drug-likeness (QED) is 0.306. The second kappa shape index (κ2) is 10.7. The molecular weight excluding hydrogens is 559 g/mol. The molecule has 2 N–H and O–H groups in total.